The van der Waals surface area contributed by atoms with Gasteiger partial charge in [0.05, 0.1) is 6.04 Å². The van der Waals surface area contributed by atoms with E-state index in [2.05, 4.69) is 0 Å². The Morgan fingerprint density at radius 1 is 0.958 bits per heavy atom. The Morgan fingerprint density at radius 3 is 2.12 bits per heavy atom. The van der Waals surface area contributed by atoms with E-state index in [0.29, 0.717) is 13.0 Å². The monoisotopic (exact) mass is 324 g/mol. The Balaban J connectivity index is 1.63. The number of rotatable bonds is 6. The normalized spacial score (nSPS) is 20.2. The highest BCUT2D eigenvalue weighted by Gasteiger charge is 2.46. The van der Waals surface area contributed by atoms with E-state index in [1.54, 1.807) is 0 Å². The first-order chi connectivity index (χ1) is 11.6. The van der Waals surface area contributed by atoms with Crippen molar-refractivity contribution in [2.45, 2.75) is 31.7 Å². The molecule has 2 aromatic carbocycles. The highest BCUT2D eigenvalue weighted by Crippen LogP contribution is 2.29. The molecule has 0 bridgehead atoms. The van der Waals surface area contributed by atoms with Gasteiger partial charge in [-0.05, 0) is 17.5 Å². The fourth-order valence-electron chi connectivity index (χ4n) is 2.91. The highest BCUT2D eigenvalue weighted by molar-refractivity contribution is 5.86. The Morgan fingerprint density at radius 2 is 1.54 bits per heavy atom. The first-order valence-corrected chi connectivity index (χ1v) is 7.94. The van der Waals surface area contributed by atoms with Gasteiger partial charge in [0, 0.05) is 6.54 Å². The molecule has 3 rings (SSSR count). The van der Waals surface area contributed by atoms with Gasteiger partial charge in [0.1, 0.15) is 12.6 Å². The van der Waals surface area contributed by atoms with Crippen LogP contribution in [0, 0.1) is 0 Å². The minimum Gasteiger partial charge on any atom is -0.460 e. The molecule has 124 valence electrons. The second-order valence-corrected chi connectivity index (χ2v) is 5.92. The molecule has 1 amide bonds. The molecule has 1 aliphatic rings. The third kappa shape index (κ3) is 3.63. The summed E-state index contributed by atoms with van der Waals surface area (Å²) in [6.45, 7) is 0.732. The van der Waals surface area contributed by atoms with Crippen molar-refractivity contribution in [1.82, 2.24) is 4.90 Å². The van der Waals surface area contributed by atoms with Crippen LogP contribution in [0.1, 0.15) is 17.5 Å². The van der Waals surface area contributed by atoms with Gasteiger partial charge in [-0.1, -0.05) is 60.7 Å². The molecule has 0 saturated carbocycles. The van der Waals surface area contributed by atoms with E-state index in [-0.39, 0.29) is 12.6 Å². The number of nitrogens with two attached hydrogens (primary N) is 1. The molecule has 0 aromatic heterocycles. The summed E-state index contributed by atoms with van der Waals surface area (Å²) in [6, 6.07) is 18.4. The predicted octanol–water partition coefficient (Wildman–Crippen LogP) is 1.86. The topological polar surface area (TPSA) is 72.6 Å². The van der Waals surface area contributed by atoms with Crippen LogP contribution in [-0.2, 0) is 27.5 Å². The smallest absolute Gasteiger partial charge is 0.323 e. The number of amides is 1. The Hall–Kier alpha value is -2.66. The van der Waals surface area contributed by atoms with E-state index in [4.69, 9.17) is 10.5 Å². The van der Waals surface area contributed by atoms with Crippen LogP contribution in [0.15, 0.2) is 60.7 Å². The molecule has 1 fully saturated rings. The number of carbonyl (C=O) groups excluding carboxylic acids is 2. The van der Waals surface area contributed by atoms with Crippen LogP contribution in [0.3, 0.4) is 0 Å². The summed E-state index contributed by atoms with van der Waals surface area (Å²) in [6.07, 6.45) is 0.412. The molecule has 24 heavy (non-hydrogen) atoms. The predicted molar refractivity (Wildman–Crippen MR) is 89.6 cm³/mol. The fourth-order valence-corrected chi connectivity index (χ4v) is 2.91. The van der Waals surface area contributed by atoms with Crippen molar-refractivity contribution in [2.24, 2.45) is 5.73 Å². The SMILES string of the molecule is NC(=O)[C@H]1C[C@@H](C(=O)OCc2ccccc2)N1Cc1ccccc1. The zero-order valence-electron chi connectivity index (χ0n) is 13.3. The van der Waals surface area contributed by atoms with Crippen LogP contribution in [0.4, 0.5) is 0 Å². The number of benzene rings is 2. The lowest BCUT2D eigenvalue weighted by molar-refractivity contribution is -0.163. The van der Waals surface area contributed by atoms with Crippen molar-refractivity contribution in [3.05, 3.63) is 71.8 Å². The quantitative estimate of drug-likeness (QED) is 0.823. The van der Waals surface area contributed by atoms with Crippen LogP contribution in [0.2, 0.25) is 0 Å². The number of esters is 1. The Labute approximate surface area is 141 Å². The van der Waals surface area contributed by atoms with Crippen LogP contribution in [0.25, 0.3) is 0 Å². The van der Waals surface area contributed by atoms with E-state index in [1.807, 2.05) is 65.6 Å². The summed E-state index contributed by atoms with van der Waals surface area (Å²) in [7, 11) is 0. The van der Waals surface area contributed by atoms with Crippen molar-refractivity contribution in [2.75, 3.05) is 0 Å². The number of hydrogen-bond acceptors (Lipinski definition) is 4. The molecule has 5 heteroatoms. The number of hydrogen-bond donors (Lipinski definition) is 1. The van der Waals surface area contributed by atoms with Gasteiger partial charge in [-0.2, -0.15) is 0 Å². The summed E-state index contributed by atoms with van der Waals surface area (Å²) in [5.74, 6) is -0.717. The van der Waals surface area contributed by atoms with E-state index in [1.165, 1.54) is 0 Å². The number of carbonyl (C=O) groups is 2. The number of ether oxygens (including phenoxy) is 1. The van der Waals surface area contributed by atoms with Crippen LogP contribution in [-0.4, -0.2) is 28.9 Å². The molecule has 0 spiro atoms. The Bertz CT molecular complexity index is 703. The first-order valence-electron chi connectivity index (χ1n) is 7.94. The van der Waals surface area contributed by atoms with Crippen molar-refractivity contribution >= 4 is 11.9 Å². The molecule has 2 aromatic rings. The molecule has 5 nitrogen and oxygen atoms in total. The lowest BCUT2D eigenvalue weighted by Gasteiger charge is -2.45. The van der Waals surface area contributed by atoms with Gasteiger partial charge in [-0.15, -0.1) is 0 Å². The summed E-state index contributed by atoms with van der Waals surface area (Å²) in [5.41, 5.74) is 7.40. The van der Waals surface area contributed by atoms with E-state index >= 15 is 0 Å². The van der Waals surface area contributed by atoms with Gasteiger partial charge < -0.3 is 10.5 Å². The molecule has 1 heterocycles. The standard InChI is InChI=1S/C19H20N2O3/c20-18(22)16-11-17(21(16)12-14-7-3-1-4-8-14)19(23)24-13-15-9-5-2-6-10-15/h1-10,16-17H,11-13H2,(H2,20,22)/t16-,17+/m1/s1. The van der Waals surface area contributed by atoms with Crippen molar-refractivity contribution in [3.8, 4) is 0 Å². The number of nitrogens with zero attached hydrogens (tertiary/aromatic N) is 1. The van der Waals surface area contributed by atoms with Gasteiger partial charge in [-0.25, -0.2) is 0 Å². The molecule has 0 aliphatic carbocycles. The lowest BCUT2D eigenvalue weighted by Crippen LogP contribution is -2.63. The molecule has 0 radical (unpaired) electrons. The second-order valence-electron chi connectivity index (χ2n) is 5.92. The number of likely N-dealkylation sites (tertiary alicyclic amines) is 1. The van der Waals surface area contributed by atoms with Crippen molar-refractivity contribution in [3.63, 3.8) is 0 Å². The van der Waals surface area contributed by atoms with Crippen LogP contribution < -0.4 is 5.73 Å². The van der Waals surface area contributed by atoms with Crippen molar-refractivity contribution in [1.29, 1.82) is 0 Å². The molecular weight excluding hydrogens is 304 g/mol. The maximum atomic E-state index is 12.4. The average Bonchev–Trinajstić information content (AvgIpc) is 2.58. The summed E-state index contributed by atoms with van der Waals surface area (Å²) in [4.78, 5) is 25.7. The molecular formula is C19H20N2O3. The maximum Gasteiger partial charge on any atom is 0.323 e. The second kappa shape index (κ2) is 7.27. The summed E-state index contributed by atoms with van der Waals surface area (Å²) < 4.78 is 5.40. The van der Waals surface area contributed by atoms with Gasteiger partial charge in [0.15, 0.2) is 0 Å². The van der Waals surface area contributed by atoms with Gasteiger partial charge >= 0.3 is 5.97 Å². The third-order valence-electron chi connectivity index (χ3n) is 4.28. The summed E-state index contributed by atoms with van der Waals surface area (Å²) >= 11 is 0. The van der Waals surface area contributed by atoms with Crippen LogP contribution in [0.5, 0.6) is 0 Å². The molecule has 1 aliphatic heterocycles. The molecule has 1 saturated heterocycles. The lowest BCUT2D eigenvalue weighted by atomic mass is 9.91. The third-order valence-corrected chi connectivity index (χ3v) is 4.28. The van der Waals surface area contributed by atoms with Crippen molar-refractivity contribution < 1.29 is 14.3 Å². The molecule has 2 N–H and O–H groups in total. The zero-order valence-corrected chi connectivity index (χ0v) is 13.3. The maximum absolute atomic E-state index is 12.4. The molecule has 0 unspecified atom stereocenters. The van der Waals surface area contributed by atoms with Gasteiger partial charge in [0.25, 0.3) is 0 Å². The zero-order chi connectivity index (χ0) is 16.9. The van der Waals surface area contributed by atoms with Gasteiger partial charge in [-0.3, -0.25) is 14.5 Å². The van der Waals surface area contributed by atoms with E-state index < -0.39 is 18.0 Å². The summed E-state index contributed by atoms with van der Waals surface area (Å²) in [5, 5.41) is 0. The largest absolute Gasteiger partial charge is 0.460 e. The fraction of sp³-hybridized carbons (Fsp3) is 0.263. The van der Waals surface area contributed by atoms with E-state index in [9.17, 15) is 9.59 Å². The molecule has 2 atom stereocenters. The highest BCUT2D eigenvalue weighted by atomic mass is 16.5. The van der Waals surface area contributed by atoms with Crippen LogP contribution >= 0.6 is 0 Å². The minimum absolute atomic E-state index is 0.233. The average molecular weight is 324 g/mol. The number of primary amides is 1. The van der Waals surface area contributed by atoms with Gasteiger partial charge in [0.2, 0.25) is 5.91 Å². The van der Waals surface area contributed by atoms with E-state index in [0.717, 1.165) is 11.1 Å². The Kier molecular flexibility index (Phi) is 4.91. The minimum atomic E-state index is -0.425. The first kappa shape index (κ1) is 16.2.